The predicted octanol–water partition coefficient (Wildman–Crippen LogP) is 4.68. The minimum Gasteiger partial charge on any atom is -0.454 e. The summed E-state index contributed by atoms with van der Waals surface area (Å²) in [7, 11) is 0. The fourth-order valence-electron chi connectivity index (χ4n) is 1.42. The van der Waals surface area contributed by atoms with Crippen molar-refractivity contribution in [2.24, 2.45) is 0 Å². The molecule has 17 heavy (non-hydrogen) atoms. The Kier molecular flexibility index (Phi) is 4.02. The molecule has 0 saturated heterocycles. The van der Waals surface area contributed by atoms with E-state index in [1.165, 1.54) is 5.56 Å². The lowest BCUT2D eigenvalue weighted by Crippen LogP contribution is -1.91. The van der Waals surface area contributed by atoms with Crippen LogP contribution in [0.15, 0.2) is 41.1 Å². The smallest absolute Gasteiger partial charge is 0.150 e. The first-order chi connectivity index (χ1) is 8.20. The van der Waals surface area contributed by atoms with E-state index in [-0.39, 0.29) is 0 Å². The quantitative estimate of drug-likeness (QED) is 0.767. The third kappa shape index (κ3) is 2.99. The van der Waals surface area contributed by atoms with Gasteiger partial charge in [-0.1, -0.05) is 6.07 Å². The number of ether oxygens (including phenoxy) is 1. The highest BCUT2D eigenvalue weighted by Crippen LogP contribution is 2.32. The van der Waals surface area contributed by atoms with Crippen LogP contribution in [0.2, 0.25) is 0 Å². The maximum Gasteiger partial charge on any atom is 0.150 e. The Balaban J connectivity index is 2.31. The van der Waals surface area contributed by atoms with Crippen molar-refractivity contribution in [1.29, 1.82) is 0 Å². The Morgan fingerprint density at radius 3 is 2.82 bits per heavy atom. The molecule has 0 radical (unpaired) electrons. The number of pyridine rings is 1. The Morgan fingerprint density at radius 1 is 1.29 bits per heavy atom. The van der Waals surface area contributed by atoms with Crippen LogP contribution in [0, 0.1) is 6.92 Å². The van der Waals surface area contributed by atoms with E-state index in [0.717, 1.165) is 15.8 Å². The van der Waals surface area contributed by atoms with Crippen LogP contribution in [0.4, 0.5) is 0 Å². The number of hydrogen-bond acceptors (Lipinski definition) is 2. The zero-order valence-corrected chi connectivity index (χ0v) is 11.6. The summed E-state index contributed by atoms with van der Waals surface area (Å²) in [6.45, 7) is 2.03. The molecule has 0 aliphatic heterocycles. The summed E-state index contributed by atoms with van der Waals surface area (Å²) in [6, 6.07) is 7.78. The summed E-state index contributed by atoms with van der Waals surface area (Å²) in [4.78, 5) is 4.04. The molecule has 0 amide bonds. The molecular formula is C13H11BrClNO. The van der Waals surface area contributed by atoms with Gasteiger partial charge in [0.25, 0.3) is 0 Å². The average Bonchev–Trinajstić information content (AvgIpc) is 2.33. The van der Waals surface area contributed by atoms with Crippen LogP contribution in [0.3, 0.4) is 0 Å². The Morgan fingerprint density at radius 2 is 2.12 bits per heavy atom. The maximum absolute atomic E-state index is 5.84. The predicted molar refractivity (Wildman–Crippen MR) is 72.7 cm³/mol. The van der Waals surface area contributed by atoms with Gasteiger partial charge in [-0.05, 0) is 46.6 Å². The van der Waals surface area contributed by atoms with Crippen molar-refractivity contribution in [2.75, 3.05) is 0 Å². The molecule has 0 bridgehead atoms. The molecule has 1 heterocycles. The van der Waals surface area contributed by atoms with Crippen LogP contribution < -0.4 is 4.74 Å². The van der Waals surface area contributed by atoms with Gasteiger partial charge in [-0.2, -0.15) is 0 Å². The Labute approximate surface area is 114 Å². The second-order valence-corrected chi connectivity index (χ2v) is 4.77. The van der Waals surface area contributed by atoms with E-state index in [0.29, 0.717) is 11.6 Å². The van der Waals surface area contributed by atoms with E-state index < -0.39 is 0 Å². The van der Waals surface area contributed by atoms with Crippen molar-refractivity contribution in [3.05, 3.63) is 52.3 Å². The lowest BCUT2D eigenvalue weighted by atomic mass is 10.2. The second kappa shape index (κ2) is 5.52. The van der Waals surface area contributed by atoms with Crippen LogP contribution in [0.25, 0.3) is 0 Å². The Hall–Kier alpha value is -1.06. The first kappa shape index (κ1) is 12.4. The lowest BCUT2D eigenvalue weighted by molar-refractivity contribution is 0.473. The molecule has 0 fully saturated rings. The minimum atomic E-state index is 0.404. The van der Waals surface area contributed by atoms with Gasteiger partial charge in [0.2, 0.25) is 0 Å². The van der Waals surface area contributed by atoms with Crippen molar-refractivity contribution in [3.63, 3.8) is 0 Å². The van der Waals surface area contributed by atoms with Crippen LogP contribution in [-0.4, -0.2) is 4.98 Å². The van der Waals surface area contributed by atoms with Crippen molar-refractivity contribution in [1.82, 2.24) is 4.98 Å². The van der Waals surface area contributed by atoms with Crippen molar-refractivity contribution >= 4 is 27.5 Å². The number of halogens is 2. The zero-order valence-electron chi connectivity index (χ0n) is 9.28. The van der Waals surface area contributed by atoms with Crippen molar-refractivity contribution < 1.29 is 4.74 Å². The summed E-state index contributed by atoms with van der Waals surface area (Å²) < 4.78 is 6.71. The molecule has 1 aromatic carbocycles. The second-order valence-electron chi connectivity index (χ2n) is 3.65. The maximum atomic E-state index is 5.84. The number of rotatable bonds is 3. The summed E-state index contributed by atoms with van der Waals surface area (Å²) >= 11 is 9.32. The van der Waals surface area contributed by atoms with Crippen LogP contribution in [0.5, 0.6) is 11.5 Å². The van der Waals surface area contributed by atoms with E-state index in [1.807, 2.05) is 31.2 Å². The molecule has 4 heteroatoms. The molecule has 0 aliphatic carbocycles. The third-order valence-electron chi connectivity index (χ3n) is 2.32. The van der Waals surface area contributed by atoms with Crippen LogP contribution in [0.1, 0.15) is 11.1 Å². The summed E-state index contributed by atoms with van der Waals surface area (Å²) in [6.07, 6.45) is 3.37. The van der Waals surface area contributed by atoms with Gasteiger partial charge in [0.1, 0.15) is 11.5 Å². The van der Waals surface area contributed by atoms with Gasteiger partial charge in [-0.15, -0.1) is 11.6 Å². The number of hydrogen-bond donors (Lipinski definition) is 0. The largest absolute Gasteiger partial charge is 0.454 e. The Bertz CT molecular complexity index is 531. The van der Waals surface area contributed by atoms with Gasteiger partial charge in [0.05, 0.1) is 16.5 Å². The fraction of sp³-hybridized carbons (Fsp3) is 0.154. The standard InChI is InChI=1S/C13H11BrClNO/c1-9-2-3-12(11(14)6-9)17-13-8-16-5-4-10(13)7-15/h2-6,8H,7H2,1H3. The SMILES string of the molecule is Cc1ccc(Oc2cnccc2CCl)c(Br)c1. The van der Waals surface area contributed by atoms with Gasteiger partial charge in [-0.3, -0.25) is 4.98 Å². The molecular weight excluding hydrogens is 302 g/mol. The van der Waals surface area contributed by atoms with E-state index in [4.69, 9.17) is 16.3 Å². The van der Waals surface area contributed by atoms with E-state index in [9.17, 15) is 0 Å². The number of aryl methyl sites for hydroxylation is 1. The molecule has 0 atom stereocenters. The molecule has 0 N–H and O–H groups in total. The van der Waals surface area contributed by atoms with E-state index >= 15 is 0 Å². The van der Waals surface area contributed by atoms with E-state index in [1.54, 1.807) is 12.4 Å². The first-order valence-corrected chi connectivity index (χ1v) is 6.46. The zero-order chi connectivity index (χ0) is 12.3. The van der Waals surface area contributed by atoms with Gasteiger partial charge in [0, 0.05) is 11.8 Å². The van der Waals surface area contributed by atoms with Crippen molar-refractivity contribution in [3.8, 4) is 11.5 Å². The highest BCUT2D eigenvalue weighted by atomic mass is 79.9. The fourth-order valence-corrected chi connectivity index (χ4v) is 2.21. The average molecular weight is 313 g/mol. The summed E-state index contributed by atoms with van der Waals surface area (Å²) in [5.41, 5.74) is 2.10. The van der Waals surface area contributed by atoms with Gasteiger partial charge < -0.3 is 4.74 Å². The first-order valence-electron chi connectivity index (χ1n) is 5.13. The summed E-state index contributed by atoms with van der Waals surface area (Å²) in [5, 5.41) is 0. The van der Waals surface area contributed by atoms with Gasteiger partial charge in [-0.25, -0.2) is 0 Å². The molecule has 2 nitrogen and oxygen atoms in total. The number of nitrogens with zero attached hydrogens (tertiary/aromatic N) is 1. The van der Waals surface area contributed by atoms with E-state index in [2.05, 4.69) is 20.9 Å². The molecule has 88 valence electrons. The number of benzene rings is 1. The summed E-state index contributed by atoms with van der Waals surface area (Å²) in [5.74, 6) is 1.85. The monoisotopic (exact) mass is 311 g/mol. The molecule has 0 unspecified atom stereocenters. The highest BCUT2D eigenvalue weighted by molar-refractivity contribution is 9.10. The lowest BCUT2D eigenvalue weighted by Gasteiger charge is -2.10. The molecule has 0 saturated carbocycles. The number of aromatic nitrogens is 1. The third-order valence-corrected chi connectivity index (χ3v) is 3.23. The van der Waals surface area contributed by atoms with Crippen LogP contribution >= 0.6 is 27.5 Å². The highest BCUT2D eigenvalue weighted by Gasteiger charge is 2.06. The van der Waals surface area contributed by atoms with Crippen LogP contribution in [-0.2, 0) is 5.88 Å². The molecule has 0 spiro atoms. The number of alkyl halides is 1. The normalized spacial score (nSPS) is 10.3. The molecule has 1 aromatic heterocycles. The van der Waals surface area contributed by atoms with Gasteiger partial charge in [0.15, 0.2) is 0 Å². The molecule has 2 aromatic rings. The van der Waals surface area contributed by atoms with Crippen molar-refractivity contribution in [2.45, 2.75) is 12.8 Å². The minimum absolute atomic E-state index is 0.404. The molecule has 0 aliphatic rings. The topological polar surface area (TPSA) is 22.1 Å². The molecule has 2 rings (SSSR count). The van der Waals surface area contributed by atoms with Gasteiger partial charge >= 0.3 is 0 Å².